The van der Waals surface area contributed by atoms with Gasteiger partial charge in [0.1, 0.15) is 6.04 Å². The fourth-order valence-electron chi connectivity index (χ4n) is 3.30. The van der Waals surface area contributed by atoms with E-state index in [4.69, 9.17) is 0 Å². The van der Waals surface area contributed by atoms with Crippen molar-refractivity contribution in [3.63, 3.8) is 0 Å². The monoisotopic (exact) mass is 310 g/mol. The van der Waals surface area contributed by atoms with Gasteiger partial charge in [-0.25, -0.2) is 0 Å². The summed E-state index contributed by atoms with van der Waals surface area (Å²) in [5.74, 6) is 0.272. The lowest BCUT2D eigenvalue weighted by molar-refractivity contribution is -0.132. The summed E-state index contributed by atoms with van der Waals surface area (Å²) in [5, 5.41) is 15.4. The van der Waals surface area contributed by atoms with Crippen LogP contribution in [-0.2, 0) is 9.59 Å². The molecule has 0 radical (unpaired) electrons. The zero-order valence-corrected chi connectivity index (χ0v) is 14.0. The molecule has 2 amide bonds. The molecule has 126 valence electrons. The molecule has 5 heteroatoms. The molecule has 0 saturated heterocycles. The van der Waals surface area contributed by atoms with Crippen LogP contribution in [0.1, 0.15) is 59.3 Å². The SMILES string of the molecule is CC(O)C(NC(=O)C1CC1)C(=O)NCC(C)(C)C1CCCC1. The van der Waals surface area contributed by atoms with E-state index in [0.29, 0.717) is 12.5 Å². The minimum Gasteiger partial charge on any atom is -0.391 e. The second kappa shape index (κ2) is 6.99. The Labute approximate surface area is 133 Å². The second-order valence-electron chi connectivity index (χ2n) is 7.69. The van der Waals surface area contributed by atoms with E-state index in [1.54, 1.807) is 6.92 Å². The molecule has 0 heterocycles. The van der Waals surface area contributed by atoms with E-state index in [-0.39, 0.29) is 23.1 Å². The van der Waals surface area contributed by atoms with Gasteiger partial charge in [0, 0.05) is 12.5 Å². The molecule has 2 atom stereocenters. The van der Waals surface area contributed by atoms with E-state index in [2.05, 4.69) is 24.5 Å². The third kappa shape index (κ3) is 4.45. The maximum Gasteiger partial charge on any atom is 0.245 e. The van der Waals surface area contributed by atoms with Crippen LogP contribution in [0.2, 0.25) is 0 Å². The molecule has 0 aromatic heterocycles. The van der Waals surface area contributed by atoms with E-state index < -0.39 is 12.1 Å². The Bertz CT molecular complexity index is 410. The largest absolute Gasteiger partial charge is 0.391 e. The minimum absolute atomic E-state index is 0.0315. The van der Waals surface area contributed by atoms with Crippen LogP contribution in [0.5, 0.6) is 0 Å². The fourth-order valence-corrected chi connectivity index (χ4v) is 3.30. The van der Waals surface area contributed by atoms with Gasteiger partial charge in [-0.2, -0.15) is 0 Å². The molecule has 2 unspecified atom stereocenters. The molecule has 2 rings (SSSR count). The number of nitrogens with one attached hydrogen (secondary N) is 2. The number of rotatable bonds is 7. The molecular formula is C17H30N2O3. The highest BCUT2D eigenvalue weighted by Gasteiger charge is 2.36. The molecular weight excluding hydrogens is 280 g/mol. The molecule has 2 fully saturated rings. The Morgan fingerprint density at radius 2 is 1.77 bits per heavy atom. The van der Waals surface area contributed by atoms with E-state index in [1.165, 1.54) is 25.7 Å². The van der Waals surface area contributed by atoms with Gasteiger partial charge in [-0.15, -0.1) is 0 Å². The van der Waals surface area contributed by atoms with Crippen molar-refractivity contribution in [3.8, 4) is 0 Å². The smallest absolute Gasteiger partial charge is 0.245 e. The summed E-state index contributed by atoms with van der Waals surface area (Å²) in [4.78, 5) is 24.2. The van der Waals surface area contributed by atoms with Crippen LogP contribution in [0.4, 0.5) is 0 Å². The van der Waals surface area contributed by atoms with Gasteiger partial charge in [-0.1, -0.05) is 26.7 Å². The van der Waals surface area contributed by atoms with Gasteiger partial charge in [-0.05, 0) is 43.9 Å². The van der Waals surface area contributed by atoms with Gasteiger partial charge in [0.15, 0.2) is 0 Å². The van der Waals surface area contributed by atoms with Crippen molar-refractivity contribution in [2.75, 3.05) is 6.54 Å². The Balaban J connectivity index is 1.85. The maximum atomic E-state index is 12.3. The number of hydrogen-bond acceptors (Lipinski definition) is 3. The van der Waals surface area contributed by atoms with E-state index in [0.717, 1.165) is 12.8 Å². The lowest BCUT2D eigenvalue weighted by Gasteiger charge is -2.32. The lowest BCUT2D eigenvalue weighted by atomic mass is 9.77. The Hall–Kier alpha value is -1.10. The van der Waals surface area contributed by atoms with Crippen LogP contribution >= 0.6 is 0 Å². The van der Waals surface area contributed by atoms with Crippen molar-refractivity contribution in [2.45, 2.75) is 71.4 Å². The number of aliphatic hydroxyl groups excluding tert-OH is 1. The Morgan fingerprint density at radius 3 is 2.27 bits per heavy atom. The number of carbonyl (C=O) groups is 2. The average molecular weight is 310 g/mol. The normalized spacial score (nSPS) is 22.2. The summed E-state index contributed by atoms with van der Waals surface area (Å²) in [6.07, 6.45) is 5.87. The van der Waals surface area contributed by atoms with Crippen molar-refractivity contribution in [3.05, 3.63) is 0 Å². The molecule has 3 N–H and O–H groups in total. The Morgan fingerprint density at radius 1 is 1.18 bits per heavy atom. The summed E-state index contributed by atoms with van der Waals surface area (Å²) in [6.45, 7) is 6.49. The minimum atomic E-state index is -0.891. The first-order chi connectivity index (χ1) is 10.3. The molecule has 2 aliphatic carbocycles. The summed E-state index contributed by atoms with van der Waals surface area (Å²) in [7, 11) is 0. The van der Waals surface area contributed by atoms with Gasteiger partial charge in [-0.3, -0.25) is 9.59 Å². The van der Waals surface area contributed by atoms with Gasteiger partial charge in [0.05, 0.1) is 6.10 Å². The van der Waals surface area contributed by atoms with Gasteiger partial charge >= 0.3 is 0 Å². The van der Waals surface area contributed by atoms with Crippen LogP contribution in [0.25, 0.3) is 0 Å². The van der Waals surface area contributed by atoms with Crippen molar-refractivity contribution < 1.29 is 14.7 Å². The zero-order valence-electron chi connectivity index (χ0n) is 14.0. The molecule has 0 spiro atoms. The highest BCUT2D eigenvalue weighted by atomic mass is 16.3. The van der Waals surface area contributed by atoms with Gasteiger partial charge in [0.25, 0.3) is 0 Å². The predicted octanol–water partition coefficient (Wildman–Crippen LogP) is 1.59. The first-order valence-electron chi connectivity index (χ1n) is 8.57. The fraction of sp³-hybridized carbons (Fsp3) is 0.882. The summed E-state index contributed by atoms with van der Waals surface area (Å²) >= 11 is 0. The van der Waals surface area contributed by atoms with E-state index >= 15 is 0 Å². The van der Waals surface area contributed by atoms with E-state index in [1.807, 2.05) is 0 Å². The lowest BCUT2D eigenvalue weighted by Crippen LogP contribution is -2.54. The van der Waals surface area contributed by atoms with Crippen LogP contribution in [0.15, 0.2) is 0 Å². The summed E-state index contributed by atoms with van der Waals surface area (Å²) < 4.78 is 0. The predicted molar refractivity (Wildman–Crippen MR) is 85.1 cm³/mol. The van der Waals surface area contributed by atoms with Crippen molar-refractivity contribution in [1.29, 1.82) is 0 Å². The van der Waals surface area contributed by atoms with Crippen LogP contribution in [-0.4, -0.2) is 35.6 Å². The van der Waals surface area contributed by atoms with Gasteiger partial charge in [0.2, 0.25) is 11.8 Å². The average Bonchev–Trinajstić information content (AvgIpc) is 3.15. The number of hydrogen-bond donors (Lipinski definition) is 3. The van der Waals surface area contributed by atoms with Crippen molar-refractivity contribution in [2.24, 2.45) is 17.3 Å². The van der Waals surface area contributed by atoms with E-state index in [9.17, 15) is 14.7 Å². The summed E-state index contributed by atoms with van der Waals surface area (Å²) in [6, 6.07) is -0.854. The first-order valence-corrected chi connectivity index (χ1v) is 8.57. The molecule has 2 saturated carbocycles. The van der Waals surface area contributed by atoms with Crippen LogP contribution in [0, 0.1) is 17.3 Å². The highest BCUT2D eigenvalue weighted by Crippen LogP contribution is 2.39. The molecule has 2 aliphatic rings. The van der Waals surface area contributed by atoms with Gasteiger partial charge < -0.3 is 15.7 Å². The third-order valence-electron chi connectivity index (χ3n) is 5.19. The third-order valence-corrected chi connectivity index (χ3v) is 5.19. The summed E-state index contributed by atoms with van der Waals surface area (Å²) in [5.41, 5.74) is 0.0515. The first kappa shape index (κ1) is 17.3. The molecule has 0 aromatic carbocycles. The molecule has 5 nitrogen and oxygen atoms in total. The van der Waals surface area contributed by atoms with Crippen molar-refractivity contribution in [1.82, 2.24) is 10.6 Å². The van der Waals surface area contributed by atoms with Crippen molar-refractivity contribution >= 4 is 11.8 Å². The standard InChI is InChI=1S/C17H30N2O3/c1-11(20)14(19-15(21)12-8-9-12)16(22)18-10-17(2,3)13-6-4-5-7-13/h11-14,20H,4-10H2,1-3H3,(H,18,22)(H,19,21). The maximum absolute atomic E-state index is 12.3. The number of carbonyl (C=O) groups excluding carboxylic acids is 2. The Kier molecular flexibility index (Phi) is 5.48. The van der Waals surface area contributed by atoms with Crippen LogP contribution < -0.4 is 10.6 Å². The number of amides is 2. The zero-order chi connectivity index (χ0) is 16.3. The second-order valence-corrected chi connectivity index (χ2v) is 7.69. The number of aliphatic hydroxyl groups is 1. The topological polar surface area (TPSA) is 78.4 Å². The molecule has 0 aliphatic heterocycles. The molecule has 22 heavy (non-hydrogen) atoms. The molecule has 0 aromatic rings. The quantitative estimate of drug-likeness (QED) is 0.668. The molecule has 0 bridgehead atoms. The highest BCUT2D eigenvalue weighted by molar-refractivity contribution is 5.89. The van der Waals surface area contributed by atoms with Crippen LogP contribution in [0.3, 0.4) is 0 Å².